The maximum Gasteiger partial charge on any atom is 0.280 e. The van der Waals surface area contributed by atoms with Crippen molar-refractivity contribution in [1.29, 1.82) is 0 Å². The number of rotatable bonds is 4. The predicted octanol–water partition coefficient (Wildman–Crippen LogP) is 2.33. The van der Waals surface area contributed by atoms with Crippen LogP contribution in [0.15, 0.2) is 64.5 Å². The molecule has 1 amide bonds. The molecule has 1 aromatic heterocycles. The summed E-state index contributed by atoms with van der Waals surface area (Å²) in [6.45, 7) is 3.43. The first-order valence-corrected chi connectivity index (χ1v) is 7.98. The highest BCUT2D eigenvalue weighted by Gasteiger charge is 2.15. The molecule has 1 heterocycles. The third-order valence-corrected chi connectivity index (χ3v) is 3.90. The molecule has 0 fully saturated rings. The van der Waals surface area contributed by atoms with Crippen LogP contribution in [0.5, 0.6) is 5.75 Å². The Morgan fingerprint density at radius 1 is 1.12 bits per heavy atom. The van der Waals surface area contributed by atoms with Gasteiger partial charge in [0, 0.05) is 11.3 Å². The van der Waals surface area contributed by atoms with Crippen molar-refractivity contribution in [1.82, 2.24) is 15.2 Å². The Hall–Kier alpha value is -3.61. The number of amides is 1. The van der Waals surface area contributed by atoms with Crippen LogP contribution in [0.25, 0.3) is 5.69 Å². The molecule has 0 unspecified atom stereocenters. The lowest BCUT2D eigenvalue weighted by Crippen LogP contribution is -2.23. The van der Waals surface area contributed by atoms with Crippen molar-refractivity contribution in [2.24, 2.45) is 5.10 Å². The molecule has 0 atom stereocenters. The second-order valence-electron chi connectivity index (χ2n) is 5.77. The number of aryl methyl sites for hydroxylation is 1. The van der Waals surface area contributed by atoms with E-state index in [-0.39, 0.29) is 11.3 Å². The van der Waals surface area contributed by atoms with Gasteiger partial charge in [0.05, 0.1) is 17.0 Å². The standard InChI is InChI=1S/C19H18N4O3/c1-12(20-21-18(25)14-8-10-16(24)11-9-14)17-13(2)22-23(19(17)26)15-6-4-3-5-7-15/h3-11,22,24H,1-2H3,(H,21,25)/b20-12-. The van der Waals surface area contributed by atoms with E-state index in [2.05, 4.69) is 15.6 Å². The maximum absolute atomic E-state index is 12.7. The molecule has 0 aliphatic carbocycles. The first-order chi connectivity index (χ1) is 12.5. The molecule has 0 saturated carbocycles. The van der Waals surface area contributed by atoms with E-state index in [9.17, 15) is 14.7 Å². The topological polar surface area (TPSA) is 99.5 Å². The van der Waals surface area contributed by atoms with Crippen molar-refractivity contribution in [3.05, 3.63) is 81.8 Å². The van der Waals surface area contributed by atoms with Gasteiger partial charge in [-0.15, -0.1) is 0 Å². The predicted molar refractivity (Wildman–Crippen MR) is 98.9 cm³/mol. The SMILES string of the molecule is C/C(=N/NC(=O)c1ccc(O)cc1)c1c(C)[nH]n(-c2ccccc2)c1=O. The number of carbonyl (C=O) groups is 1. The molecule has 26 heavy (non-hydrogen) atoms. The average Bonchev–Trinajstić information content (AvgIpc) is 2.95. The smallest absolute Gasteiger partial charge is 0.280 e. The van der Waals surface area contributed by atoms with Crippen molar-refractivity contribution in [2.75, 3.05) is 0 Å². The summed E-state index contributed by atoms with van der Waals surface area (Å²) in [5, 5.41) is 16.3. The number of phenols is 1. The summed E-state index contributed by atoms with van der Waals surface area (Å²) in [5.74, 6) is -0.355. The Morgan fingerprint density at radius 3 is 2.42 bits per heavy atom. The lowest BCUT2D eigenvalue weighted by molar-refractivity contribution is 0.0955. The number of para-hydroxylation sites is 1. The number of aromatic amines is 1. The number of hydrogen-bond acceptors (Lipinski definition) is 4. The minimum absolute atomic E-state index is 0.0747. The number of phenolic OH excluding ortho intramolecular Hbond substituents is 1. The molecule has 7 heteroatoms. The lowest BCUT2D eigenvalue weighted by Gasteiger charge is -2.02. The van der Waals surface area contributed by atoms with E-state index in [1.807, 2.05) is 30.3 Å². The molecule has 0 spiro atoms. The fourth-order valence-corrected chi connectivity index (χ4v) is 2.60. The summed E-state index contributed by atoms with van der Waals surface area (Å²) < 4.78 is 1.44. The largest absolute Gasteiger partial charge is 0.508 e. The molecule has 0 saturated heterocycles. The van der Waals surface area contributed by atoms with Crippen molar-refractivity contribution in [3.8, 4) is 11.4 Å². The molecular formula is C19H18N4O3. The molecule has 0 aliphatic rings. The maximum atomic E-state index is 12.7. The van der Waals surface area contributed by atoms with Gasteiger partial charge in [-0.2, -0.15) is 5.10 Å². The van der Waals surface area contributed by atoms with Gasteiger partial charge < -0.3 is 5.11 Å². The number of benzene rings is 2. The number of aromatic nitrogens is 2. The molecule has 3 rings (SSSR count). The molecule has 2 aromatic carbocycles. The summed E-state index contributed by atoms with van der Waals surface area (Å²) in [5.41, 5.74) is 4.70. The van der Waals surface area contributed by atoms with Crippen LogP contribution >= 0.6 is 0 Å². The van der Waals surface area contributed by atoms with E-state index in [4.69, 9.17) is 0 Å². The third-order valence-electron chi connectivity index (χ3n) is 3.90. The zero-order valence-electron chi connectivity index (χ0n) is 14.4. The number of hydrogen-bond donors (Lipinski definition) is 3. The Kier molecular flexibility index (Phi) is 4.70. The van der Waals surface area contributed by atoms with Crippen molar-refractivity contribution in [3.63, 3.8) is 0 Å². The summed E-state index contributed by atoms with van der Waals surface area (Å²) in [6.07, 6.45) is 0. The molecular weight excluding hydrogens is 332 g/mol. The Labute approximate surface area is 149 Å². The molecule has 0 aliphatic heterocycles. The van der Waals surface area contributed by atoms with E-state index in [1.165, 1.54) is 28.9 Å². The summed E-state index contributed by atoms with van der Waals surface area (Å²) in [7, 11) is 0. The number of aromatic hydroxyl groups is 1. The van der Waals surface area contributed by atoms with Crippen LogP contribution in [0, 0.1) is 6.92 Å². The van der Waals surface area contributed by atoms with Crippen molar-refractivity contribution in [2.45, 2.75) is 13.8 Å². The summed E-state index contributed by atoms with van der Waals surface area (Å²) in [4.78, 5) is 24.8. The quantitative estimate of drug-likeness (QED) is 0.497. The highest BCUT2D eigenvalue weighted by Crippen LogP contribution is 2.10. The Balaban J connectivity index is 1.86. The number of H-pyrrole nitrogens is 1. The highest BCUT2D eigenvalue weighted by molar-refractivity contribution is 6.01. The van der Waals surface area contributed by atoms with Crippen LogP contribution in [0.2, 0.25) is 0 Å². The number of carbonyl (C=O) groups excluding carboxylic acids is 1. The fraction of sp³-hybridized carbons (Fsp3) is 0.105. The van der Waals surface area contributed by atoms with Gasteiger partial charge in [-0.1, -0.05) is 18.2 Å². The van der Waals surface area contributed by atoms with Gasteiger partial charge in [0.2, 0.25) is 0 Å². The number of nitrogens with one attached hydrogen (secondary N) is 2. The molecule has 3 N–H and O–H groups in total. The second-order valence-corrected chi connectivity index (χ2v) is 5.77. The van der Waals surface area contributed by atoms with Crippen LogP contribution in [-0.2, 0) is 0 Å². The van der Waals surface area contributed by atoms with Crippen LogP contribution in [0.4, 0.5) is 0 Å². The van der Waals surface area contributed by atoms with E-state index in [0.717, 1.165) is 0 Å². The van der Waals surface area contributed by atoms with Gasteiger partial charge in [-0.25, -0.2) is 10.1 Å². The van der Waals surface area contributed by atoms with Gasteiger partial charge in [-0.05, 0) is 50.2 Å². The summed E-state index contributed by atoms with van der Waals surface area (Å²) in [6, 6.07) is 15.0. The zero-order valence-corrected chi connectivity index (χ0v) is 14.4. The second kappa shape index (κ2) is 7.10. The normalized spacial score (nSPS) is 11.4. The zero-order chi connectivity index (χ0) is 18.7. The van der Waals surface area contributed by atoms with Gasteiger partial charge in [-0.3, -0.25) is 14.7 Å². The van der Waals surface area contributed by atoms with Crippen LogP contribution in [0.3, 0.4) is 0 Å². The average molecular weight is 350 g/mol. The van der Waals surface area contributed by atoms with Gasteiger partial charge in [0.25, 0.3) is 11.5 Å². The fourth-order valence-electron chi connectivity index (χ4n) is 2.60. The number of nitrogens with zero attached hydrogens (tertiary/aromatic N) is 2. The van der Waals surface area contributed by atoms with Gasteiger partial charge >= 0.3 is 0 Å². The molecule has 3 aromatic rings. The van der Waals surface area contributed by atoms with Gasteiger partial charge in [0.15, 0.2) is 0 Å². The van der Waals surface area contributed by atoms with E-state index < -0.39 is 5.91 Å². The summed E-state index contributed by atoms with van der Waals surface area (Å²) >= 11 is 0. The first-order valence-electron chi connectivity index (χ1n) is 7.98. The first kappa shape index (κ1) is 17.2. The lowest BCUT2D eigenvalue weighted by atomic mass is 10.2. The van der Waals surface area contributed by atoms with Crippen LogP contribution < -0.4 is 11.0 Å². The monoisotopic (exact) mass is 350 g/mol. The Morgan fingerprint density at radius 2 is 1.77 bits per heavy atom. The molecule has 132 valence electrons. The molecule has 0 bridgehead atoms. The Bertz CT molecular complexity index is 1020. The van der Waals surface area contributed by atoms with E-state index in [1.54, 1.807) is 13.8 Å². The van der Waals surface area contributed by atoms with E-state index in [0.29, 0.717) is 28.2 Å². The molecule has 7 nitrogen and oxygen atoms in total. The minimum Gasteiger partial charge on any atom is -0.508 e. The van der Waals surface area contributed by atoms with Crippen LogP contribution in [0.1, 0.15) is 28.5 Å². The number of hydrazone groups is 1. The minimum atomic E-state index is -0.430. The molecule has 0 radical (unpaired) electrons. The van der Waals surface area contributed by atoms with Crippen molar-refractivity contribution < 1.29 is 9.90 Å². The highest BCUT2D eigenvalue weighted by atomic mass is 16.3. The van der Waals surface area contributed by atoms with Crippen LogP contribution in [-0.4, -0.2) is 26.5 Å². The third kappa shape index (κ3) is 3.41. The van der Waals surface area contributed by atoms with Gasteiger partial charge in [0.1, 0.15) is 5.75 Å². The van der Waals surface area contributed by atoms with Crippen molar-refractivity contribution >= 4 is 11.6 Å². The van der Waals surface area contributed by atoms with E-state index >= 15 is 0 Å².